The minimum atomic E-state index is 0.329. The second-order valence-corrected chi connectivity index (χ2v) is 5.01. The van der Waals surface area contributed by atoms with E-state index in [1.165, 1.54) is 0 Å². The fourth-order valence-corrected chi connectivity index (χ4v) is 2.50. The SMILES string of the molecule is CCC1COCCN1c1nc(NC)nc(N(CC)CC)n1. The Labute approximate surface area is 126 Å². The summed E-state index contributed by atoms with van der Waals surface area (Å²) in [6.45, 7) is 10.4. The second-order valence-electron chi connectivity index (χ2n) is 5.01. The Bertz CT molecular complexity index is 451. The lowest BCUT2D eigenvalue weighted by atomic mass is 10.2. The van der Waals surface area contributed by atoms with Crippen LogP contribution in [0, 0.1) is 0 Å². The summed E-state index contributed by atoms with van der Waals surface area (Å²) in [6, 6.07) is 0.329. The molecule has 1 aromatic heterocycles. The van der Waals surface area contributed by atoms with E-state index in [9.17, 15) is 0 Å². The maximum atomic E-state index is 5.56. The topological polar surface area (TPSA) is 66.4 Å². The van der Waals surface area contributed by atoms with E-state index in [-0.39, 0.29) is 0 Å². The van der Waals surface area contributed by atoms with Crippen molar-refractivity contribution < 1.29 is 4.74 Å². The lowest BCUT2D eigenvalue weighted by Crippen LogP contribution is -2.46. The molecular weight excluding hydrogens is 268 g/mol. The third-order valence-electron chi connectivity index (χ3n) is 3.84. The average Bonchev–Trinajstić information content (AvgIpc) is 2.55. The molecule has 1 aliphatic rings. The number of morpholine rings is 1. The molecule has 1 aliphatic heterocycles. The van der Waals surface area contributed by atoms with Crippen LogP contribution in [0.3, 0.4) is 0 Å². The van der Waals surface area contributed by atoms with E-state index in [1.54, 1.807) is 0 Å². The fourth-order valence-electron chi connectivity index (χ4n) is 2.50. The fraction of sp³-hybridized carbons (Fsp3) is 0.786. The number of hydrogen-bond acceptors (Lipinski definition) is 7. The molecule has 1 atom stereocenters. The van der Waals surface area contributed by atoms with Crippen molar-refractivity contribution in [3.8, 4) is 0 Å². The van der Waals surface area contributed by atoms with Crippen molar-refractivity contribution in [2.24, 2.45) is 0 Å². The molecule has 21 heavy (non-hydrogen) atoms. The van der Waals surface area contributed by atoms with Gasteiger partial charge in [0.1, 0.15) is 0 Å². The first kappa shape index (κ1) is 15.8. The summed E-state index contributed by atoms with van der Waals surface area (Å²) in [4.78, 5) is 18.1. The molecule has 1 fully saturated rings. The Morgan fingerprint density at radius 1 is 1.24 bits per heavy atom. The molecule has 2 heterocycles. The normalized spacial score (nSPS) is 18.7. The Morgan fingerprint density at radius 3 is 2.62 bits per heavy atom. The van der Waals surface area contributed by atoms with Crippen LogP contribution in [0.5, 0.6) is 0 Å². The Kier molecular flexibility index (Phi) is 5.55. The summed E-state index contributed by atoms with van der Waals surface area (Å²) in [5, 5.41) is 3.04. The van der Waals surface area contributed by atoms with E-state index >= 15 is 0 Å². The number of hydrogen-bond donors (Lipinski definition) is 1. The molecule has 1 aromatic rings. The molecule has 2 rings (SSSR count). The molecule has 0 aromatic carbocycles. The van der Waals surface area contributed by atoms with Crippen LogP contribution in [0.25, 0.3) is 0 Å². The van der Waals surface area contributed by atoms with Crippen LogP contribution in [-0.2, 0) is 4.74 Å². The van der Waals surface area contributed by atoms with Gasteiger partial charge in [-0.3, -0.25) is 0 Å². The number of anilines is 3. The average molecular weight is 294 g/mol. The second kappa shape index (κ2) is 7.40. The third kappa shape index (κ3) is 3.53. The molecule has 0 spiro atoms. The third-order valence-corrected chi connectivity index (χ3v) is 3.84. The zero-order chi connectivity index (χ0) is 15.2. The van der Waals surface area contributed by atoms with Crippen LogP contribution >= 0.6 is 0 Å². The van der Waals surface area contributed by atoms with E-state index < -0.39 is 0 Å². The van der Waals surface area contributed by atoms with Crippen molar-refractivity contribution >= 4 is 17.8 Å². The van der Waals surface area contributed by atoms with Crippen molar-refractivity contribution in [1.82, 2.24) is 15.0 Å². The maximum absolute atomic E-state index is 5.56. The zero-order valence-electron chi connectivity index (χ0n) is 13.5. The van der Waals surface area contributed by atoms with Gasteiger partial charge >= 0.3 is 0 Å². The number of aromatic nitrogens is 3. The highest BCUT2D eigenvalue weighted by atomic mass is 16.5. The van der Waals surface area contributed by atoms with E-state index in [0.717, 1.165) is 51.2 Å². The molecule has 0 aliphatic carbocycles. The molecule has 0 radical (unpaired) electrons. The lowest BCUT2D eigenvalue weighted by Gasteiger charge is -2.35. The van der Waals surface area contributed by atoms with Gasteiger partial charge in [0.15, 0.2) is 0 Å². The number of ether oxygens (including phenoxy) is 1. The number of nitrogens with zero attached hydrogens (tertiary/aromatic N) is 5. The summed E-state index contributed by atoms with van der Waals surface area (Å²) in [6.07, 6.45) is 1.02. The Hall–Kier alpha value is -1.63. The first-order valence-corrected chi connectivity index (χ1v) is 7.76. The Balaban J connectivity index is 2.35. The molecule has 7 heteroatoms. The molecule has 0 bridgehead atoms. The predicted molar refractivity (Wildman–Crippen MR) is 85.2 cm³/mol. The zero-order valence-corrected chi connectivity index (χ0v) is 13.5. The monoisotopic (exact) mass is 294 g/mol. The summed E-state index contributed by atoms with van der Waals surface area (Å²) < 4.78 is 5.56. The molecule has 0 amide bonds. The molecule has 1 unspecified atom stereocenters. The summed E-state index contributed by atoms with van der Waals surface area (Å²) >= 11 is 0. The highest BCUT2D eigenvalue weighted by molar-refractivity contribution is 5.45. The van der Waals surface area contributed by atoms with Gasteiger partial charge in [0.05, 0.1) is 19.3 Å². The summed E-state index contributed by atoms with van der Waals surface area (Å²) in [7, 11) is 1.84. The lowest BCUT2D eigenvalue weighted by molar-refractivity contribution is 0.0921. The number of nitrogens with one attached hydrogen (secondary N) is 1. The smallest absolute Gasteiger partial charge is 0.232 e. The largest absolute Gasteiger partial charge is 0.377 e. The summed E-state index contributed by atoms with van der Waals surface area (Å²) in [5.41, 5.74) is 0. The van der Waals surface area contributed by atoms with Crippen LogP contribution in [0.15, 0.2) is 0 Å². The van der Waals surface area contributed by atoms with E-state index in [1.807, 2.05) is 7.05 Å². The van der Waals surface area contributed by atoms with Crippen LogP contribution in [0.4, 0.5) is 17.8 Å². The quantitative estimate of drug-likeness (QED) is 0.850. The van der Waals surface area contributed by atoms with Crippen LogP contribution in [0.2, 0.25) is 0 Å². The van der Waals surface area contributed by atoms with Gasteiger partial charge in [-0.25, -0.2) is 0 Å². The highest BCUT2D eigenvalue weighted by Crippen LogP contribution is 2.21. The van der Waals surface area contributed by atoms with Crippen LogP contribution in [0.1, 0.15) is 27.2 Å². The van der Waals surface area contributed by atoms with Gasteiger partial charge < -0.3 is 19.9 Å². The molecule has 7 nitrogen and oxygen atoms in total. The van der Waals surface area contributed by atoms with Gasteiger partial charge in [0.25, 0.3) is 0 Å². The standard InChI is InChI=1S/C14H26N6O/c1-5-11-10-21-9-8-20(11)14-17-12(15-4)16-13(18-14)19(6-2)7-3/h11H,5-10H2,1-4H3,(H,15,16,17,18). The first-order valence-electron chi connectivity index (χ1n) is 7.76. The van der Waals surface area contributed by atoms with Gasteiger partial charge in [-0.2, -0.15) is 15.0 Å². The van der Waals surface area contributed by atoms with Gasteiger partial charge in [-0.05, 0) is 20.3 Å². The minimum Gasteiger partial charge on any atom is -0.377 e. The highest BCUT2D eigenvalue weighted by Gasteiger charge is 2.25. The van der Waals surface area contributed by atoms with Gasteiger partial charge in [0.2, 0.25) is 17.8 Å². The van der Waals surface area contributed by atoms with Gasteiger partial charge in [-0.1, -0.05) is 6.92 Å². The van der Waals surface area contributed by atoms with E-state index in [4.69, 9.17) is 4.74 Å². The van der Waals surface area contributed by atoms with Crippen molar-refractivity contribution in [2.45, 2.75) is 33.2 Å². The van der Waals surface area contributed by atoms with Gasteiger partial charge in [0, 0.05) is 26.7 Å². The molecule has 0 saturated carbocycles. The number of rotatable bonds is 6. The van der Waals surface area contributed by atoms with Crippen molar-refractivity contribution in [1.29, 1.82) is 0 Å². The maximum Gasteiger partial charge on any atom is 0.232 e. The minimum absolute atomic E-state index is 0.329. The summed E-state index contributed by atoms with van der Waals surface area (Å²) in [5.74, 6) is 2.09. The van der Waals surface area contributed by atoms with Gasteiger partial charge in [-0.15, -0.1) is 0 Å². The molecule has 1 saturated heterocycles. The predicted octanol–water partition coefficient (Wildman–Crippen LogP) is 1.37. The van der Waals surface area contributed by atoms with Crippen molar-refractivity contribution in [2.75, 3.05) is 55.0 Å². The van der Waals surface area contributed by atoms with Crippen LogP contribution in [-0.4, -0.2) is 60.9 Å². The first-order chi connectivity index (χ1) is 10.2. The van der Waals surface area contributed by atoms with Crippen molar-refractivity contribution in [3.05, 3.63) is 0 Å². The van der Waals surface area contributed by atoms with E-state index in [2.05, 4.69) is 50.8 Å². The Morgan fingerprint density at radius 2 is 2.00 bits per heavy atom. The molecule has 1 N–H and O–H groups in total. The van der Waals surface area contributed by atoms with Crippen LogP contribution < -0.4 is 15.1 Å². The molecule has 118 valence electrons. The van der Waals surface area contributed by atoms with E-state index in [0.29, 0.717) is 12.0 Å². The van der Waals surface area contributed by atoms with Crippen molar-refractivity contribution in [3.63, 3.8) is 0 Å². The molecular formula is C14H26N6O.